The SMILES string of the molecule is CC(C)c1cccc2c1nc1c3[n+]2C2(C)C(O)C2(C)c2ccc4cccc(c4c2-3)C1(C)C. The largest absolute Gasteiger partial charge is 0.385 e. The van der Waals surface area contributed by atoms with E-state index < -0.39 is 11.6 Å². The number of fused-ring (bicyclic) bond motifs is 5. The molecule has 0 bridgehead atoms. The van der Waals surface area contributed by atoms with Crippen LogP contribution >= 0.6 is 0 Å². The van der Waals surface area contributed by atoms with Gasteiger partial charge in [-0.25, -0.2) is 4.98 Å². The van der Waals surface area contributed by atoms with Crippen LogP contribution in [0, 0.1) is 0 Å². The predicted octanol–water partition coefficient (Wildman–Crippen LogP) is 5.47. The fourth-order valence-electron chi connectivity index (χ4n) is 7.09. The Morgan fingerprint density at radius 2 is 1.69 bits per heavy atom. The van der Waals surface area contributed by atoms with Gasteiger partial charge in [0.1, 0.15) is 17.3 Å². The lowest BCUT2D eigenvalue weighted by Gasteiger charge is -2.37. The molecule has 3 aliphatic rings. The summed E-state index contributed by atoms with van der Waals surface area (Å²) in [5, 5.41) is 14.1. The number of hydrogen-bond acceptors (Lipinski definition) is 2. The first-order valence-electron chi connectivity index (χ1n) is 11.8. The summed E-state index contributed by atoms with van der Waals surface area (Å²) in [6, 6.07) is 17.7. The molecule has 3 nitrogen and oxygen atoms in total. The van der Waals surface area contributed by atoms with E-state index in [-0.39, 0.29) is 10.8 Å². The number of rotatable bonds is 1. The van der Waals surface area contributed by atoms with Gasteiger partial charge in [0, 0.05) is 23.8 Å². The minimum Gasteiger partial charge on any atom is -0.385 e. The summed E-state index contributed by atoms with van der Waals surface area (Å²) in [5.74, 6) is 0.377. The van der Waals surface area contributed by atoms with Crippen LogP contribution in [0.15, 0.2) is 48.5 Å². The maximum atomic E-state index is 11.5. The summed E-state index contributed by atoms with van der Waals surface area (Å²) in [4.78, 5) is 5.44. The summed E-state index contributed by atoms with van der Waals surface area (Å²) in [6.07, 6.45) is -0.438. The van der Waals surface area contributed by atoms with E-state index in [1.165, 1.54) is 38.7 Å². The molecule has 2 heterocycles. The lowest BCUT2D eigenvalue weighted by Crippen LogP contribution is -2.56. The van der Waals surface area contributed by atoms with Crippen molar-refractivity contribution in [2.45, 2.75) is 69.9 Å². The molecule has 0 spiro atoms. The van der Waals surface area contributed by atoms with Crippen molar-refractivity contribution in [1.29, 1.82) is 0 Å². The average Bonchev–Trinajstić information content (AvgIpc) is 3.23. The molecule has 3 heteroatoms. The molecule has 1 saturated carbocycles. The molecular formula is C29H29N2O+. The maximum Gasteiger partial charge on any atom is 0.237 e. The molecule has 160 valence electrons. The zero-order chi connectivity index (χ0) is 22.4. The predicted molar refractivity (Wildman–Crippen MR) is 128 cm³/mol. The normalized spacial score (nSPS) is 28.3. The molecule has 4 aromatic rings. The molecule has 0 saturated heterocycles. The Labute approximate surface area is 188 Å². The van der Waals surface area contributed by atoms with Crippen molar-refractivity contribution in [3.63, 3.8) is 0 Å². The molecule has 0 amide bonds. The Hall–Kier alpha value is -2.78. The second kappa shape index (κ2) is 5.23. The molecular weight excluding hydrogens is 392 g/mol. The Balaban J connectivity index is 1.81. The highest BCUT2D eigenvalue weighted by Crippen LogP contribution is 2.66. The van der Waals surface area contributed by atoms with Crippen LogP contribution in [0.4, 0.5) is 0 Å². The van der Waals surface area contributed by atoms with E-state index in [0.717, 1.165) is 16.7 Å². The standard InChI is InChI=1S/C29H29N2O/c1-15(2)17-10-8-12-20-23(17)30-25-24-22-19(28(5)26(32)29(28,6)31(20)24)14-13-16-9-7-11-18(21(16)22)27(25,3)4/h7-15,26,32H,1-6H3/q+1. The Bertz CT molecular complexity index is 1530. The third-order valence-electron chi connectivity index (χ3n) is 9.20. The highest BCUT2D eigenvalue weighted by atomic mass is 16.3. The summed E-state index contributed by atoms with van der Waals surface area (Å²) >= 11 is 0. The lowest BCUT2D eigenvalue weighted by molar-refractivity contribution is -0.711. The van der Waals surface area contributed by atoms with Gasteiger partial charge < -0.3 is 5.11 Å². The molecule has 0 radical (unpaired) electrons. The molecule has 1 aromatic heterocycles. The molecule has 1 fully saturated rings. The van der Waals surface area contributed by atoms with Gasteiger partial charge in [-0.3, -0.25) is 0 Å². The quantitative estimate of drug-likeness (QED) is 0.414. The highest BCUT2D eigenvalue weighted by Gasteiger charge is 2.83. The van der Waals surface area contributed by atoms with E-state index in [1.807, 2.05) is 0 Å². The van der Waals surface area contributed by atoms with Crippen molar-refractivity contribution >= 4 is 21.8 Å². The van der Waals surface area contributed by atoms with Gasteiger partial charge in [-0.15, -0.1) is 0 Å². The minimum atomic E-state index is -0.438. The monoisotopic (exact) mass is 421 g/mol. The van der Waals surface area contributed by atoms with Crippen molar-refractivity contribution in [2.75, 3.05) is 0 Å². The second-order valence-corrected chi connectivity index (χ2v) is 11.3. The van der Waals surface area contributed by atoms with Crippen LogP contribution in [0.2, 0.25) is 0 Å². The summed E-state index contributed by atoms with van der Waals surface area (Å²) < 4.78 is 2.47. The smallest absolute Gasteiger partial charge is 0.237 e. The van der Waals surface area contributed by atoms with Gasteiger partial charge in [0.15, 0.2) is 0 Å². The van der Waals surface area contributed by atoms with Gasteiger partial charge in [-0.1, -0.05) is 56.3 Å². The fraction of sp³-hybridized carbons (Fsp3) is 0.379. The van der Waals surface area contributed by atoms with Crippen LogP contribution in [0.3, 0.4) is 0 Å². The van der Waals surface area contributed by atoms with Gasteiger partial charge in [0.25, 0.3) is 0 Å². The number of aliphatic hydroxyl groups excluding tert-OH is 1. The fourth-order valence-corrected chi connectivity index (χ4v) is 7.09. The third kappa shape index (κ3) is 1.69. The van der Waals surface area contributed by atoms with Crippen molar-refractivity contribution in [3.05, 3.63) is 70.9 Å². The van der Waals surface area contributed by atoms with Gasteiger partial charge in [-0.05, 0) is 48.8 Å². The average molecular weight is 422 g/mol. The Morgan fingerprint density at radius 1 is 0.938 bits per heavy atom. The van der Waals surface area contributed by atoms with Crippen molar-refractivity contribution < 1.29 is 9.67 Å². The molecule has 3 atom stereocenters. The van der Waals surface area contributed by atoms with Crippen LogP contribution in [0.25, 0.3) is 33.1 Å². The first-order chi connectivity index (χ1) is 15.1. The number of aromatic nitrogens is 2. The molecule has 1 N–H and O–H groups in total. The zero-order valence-corrected chi connectivity index (χ0v) is 19.6. The molecule has 1 aliphatic heterocycles. The molecule has 3 aromatic carbocycles. The first kappa shape index (κ1) is 18.8. The molecule has 2 aliphatic carbocycles. The summed E-state index contributed by atoms with van der Waals surface area (Å²) in [6.45, 7) is 13.6. The van der Waals surface area contributed by atoms with Crippen LogP contribution in [-0.2, 0) is 16.4 Å². The third-order valence-corrected chi connectivity index (χ3v) is 9.20. The number of para-hydroxylation sites is 1. The Kier molecular flexibility index (Phi) is 3.07. The number of hydrogen-bond donors (Lipinski definition) is 1. The second-order valence-electron chi connectivity index (χ2n) is 11.3. The van der Waals surface area contributed by atoms with Gasteiger partial charge in [-0.2, -0.15) is 4.57 Å². The van der Waals surface area contributed by atoms with E-state index in [1.54, 1.807) is 0 Å². The molecule has 7 rings (SSSR count). The van der Waals surface area contributed by atoms with Crippen molar-refractivity contribution in [2.24, 2.45) is 0 Å². The van der Waals surface area contributed by atoms with Gasteiger partial charge in [0.05, 0.1) is 11.0 Å². The van der Waals surface area contributed by atoms with E-state index in [2.05, 4.69) is 94.6 Å². The van der Waals surface area contributed by atoms with Gasteiger partial charge >= 0.3 is 0 Å². The summed E-state index contributed by atoms with van der Waals surface area (Å²) in [5.41, 5.74) is 8.77. The van der Waals surface area contributed by atoms with Crippen molar-refractivity contribution in [1.82, 2.24) is 4.98 Å². The zero-order valence-electron chi connectivity index (χ0n) is 19.6. The summed E-state index contributed by atoms with van der Waals surface area (Å²) in [7, 11) is 0. The number of benzene rings is 3. The van der Waals surface area contributed by atoms with E-state index in [0.29, 0.717) is 5.92 Å². The maximum absolute atomic E-state index is 11.5. The first-order valence-corrected chi connectivity index (χ1v) is 11.8. The van der Waals surface area contributed by atoms with Crippen LogP contribution < -0.4 is 4.57 Å². The molecule has 3 unspecified atom stereocenters. The number of nitrogens with zero attached hydrogens (tertiary/aromatic N) is 2. The van der Waals surface area contributed by atoms with Crippen LogP contribution in [-0.4, -0.2) is 16.2 Å². The van der Waals surface area contributed by atoms with Crippen molar-refractivity contribution in [3.8, 4) is 11.3 Å². The Morgan fingerprint density at radius 3 is 2.44 bits per heavy atom. The van der Waals surface area contributed by atoms with Crippen LogP contribution in [0.5, 0.6) is 0 Å². The number of aliphatic hydroxyl groups is 1. The van der Waals surface area contributed by atoms with Gasteiger partial charge in [0.2, 0.25) is 16.7 Å². The topological polar surface area (TPSA) is 37.0 Å². The van der Waals surface area contributed by atoms with E-state index in [9.17, 15) is 5.11 Å². The molecule has 32 heavy (non-hydrogen) atoms. The van der Waals surface area contributed by atoms with E-state index in [4.69, 9.17) is 4.98 Å². The lowest BCUT2D eigenvalue weighted by atomic mass is 9.68. The van der Waals surface area contributed by atoms with Crippen LogP contribution in [0.1, 0.15) is 69.8 Å². The minimum absolute atomic E-state index is 0.232. The van der Waals surface area contributed by atoms with E-state index >= 15 is 0 Å². The highest BCUT2D eigenvalue weighted by molar-refractivity contribution is 6.04.